The van der Waals surface area contributed by atoms with Crippen LogP contribution in [0.2, 0.25) is 0 Å². The van der Waals surface area contributed by atoms with Crippen LogP contribution in [0.25, 0.3) is 5.53 Å². The van der Waals surface area contributed by atoms with Gasteiger partial charge < -0.3 is 33.9 Å². The molecule has 0 saturated heterocycles. The fraction of sp³-hybridized carbons (Fsp3) is 0.583. The molecule has 1 aromatic carbocycles. The summed E-state index contributed by atoms with van der Waals surface area (Å²) in [5.74, 6) is -0.676. The smallest absolute Gasteiger partial charge is 0.467 e. The van der Waals surface area contributed by atoms with Crippen molar-refractivity contribution in [1.29, 1.82) is 0 Å². The number of hydrogen-bond acceptors (Lipinski definition) is 8. The number of nitrogens with zero attached hydrogens (tertiary/aromatic N) is 2. The molecule has 35 heavy (non-hydrogen) atoms. The molecule has 0 bridgehead atoms. The SMILES string of the molecule is CCOP(=O)(OCC)C(=[N+]=[N-])C(=O)OC[C@@]1(c2cccc(C)c2OCOC)CC=CC(C)(C)[C@H]1O. The van der Waals surface area contributed by atoms with Crippen molar-refractivity contribution in [3.63, 3.8) is 0 Å². The molecule has 0 saturated carbocycles. The highest BCUT2D eigenvalue weighted by Crippen LogP contribution is 2.51. The van der Waals surface area contributed by atoms with Crippen LogP contribution < -0.4 is 4.74 Å². The van der Waals surface area contributed by atoms with E-state index in [0.717, 1.165) is 5.56 Å². The minimum Gasteiger partial charge on any atom is -0.467 e. The van der Waals surface area contributed by atoms with Crippen LogP contribution in [-0.2, 0) is 33.3 Å². The molecule has 0 aliphatic heterocycles. The fourth-order valence-electron chi connectivity index (χ4n) is 4.28. The lowest BCUT2D eigenvalue weighted by molar-refractivity contribution is -0.145. The Bertz CT molecular complexity index is 1020. The Hall–Kier alpha value is -2.32. The highest BCUT2D eigenvalue weighted by atomic mass is 31.2. The maximum atomic E-state index is 13.0. The van der Waals surface area contributed by atoms with Gasteiger partial charge in [-0.1, -0.05) is 44.2 Å². The third kappa shape index (κ3) is 6.09. The van der Waals surface area contributed by atoms with Crippen LogP contribution >= 0.6 is 7.60 Å². The maximum absolute atomic E-state index is 13.0. The predicted octanol–water partition coefficient (Wildman–Crippen LogP) is 4.00. The van der Waals surface area contributed by atoms with E-state index in [0.29, 0.717) is 17.7 Å². The minimum absolute atomic E-state index is 0.0176. The molecule has 1 aliphatic carbocycles. The van der Waals surface area contributed by atoms with Gasteiger partial charge in [-0.25, -0.2) is 9.36 Å². The Morgan fingerprint density at radius 2 is 1.91 bits per heavy atom. The molecule has 1 aliphatic rings. The van der Waals surface area contributed by atoms with Gasteiger partial charge in [-0.15, -0.1) is 4.79 Å². The molecule has 1 N–H and O–H groups in total. The number of benzene rings is 1. The van der Waals surface area contributed by atoms with Crippen LogP contribution in [0.15, 0.2) is 30.4 Å². The van der Waals surface area contributed by atoms with Gasteiger partial charge in [-0.3, -0.25) is 0 Å². The quantitative estimate of drug-likeness (QED) is 0.0847. The zero-order valence-electron chi connectivity index (χ0n) is 21.1. The van der Waals surface area contributed by atoms with Crippen molar-refractivity contribution >= 4 is 19.0 Å². The molecule has 0 spiro atoms. The molecule has 0 fully saturated rings. The van der Waals surface area contributed by atoms with Gasteiger partial charge >= 0.3 is 19.0 Å². The number of ether oxygens (including phenoxy) is 3. The van der Waals surface area contributed by atoms with Gasteiger partial charge in [0, 0.05) is 18.1 Å². The molecule has 194 valence electrons. The summed E-state index contributed by atoms with van der Waals surface area (Å²) < 4.78 is 39.8. The highest BCUT2D eigenvalue weighted by Gasteiger charge is 2.52. The average molecular weight is 511 g/mol. The largest absolute Gasteiger partial charge is 0.484 e. The Morgan fingerprint density at radius 1 is 1.26 bits per heavy atom. The van der Waals surface area contributed by atoms with Gasteiger partial charge in [0.25, 0.3) is 0 Å². The van der Waals surface area contributed by atoms with Gasteiger partial charge in [0.05, 0.1) is 24.7 Å². The van der Waals surface area contributed by atoms with Crippen LogP contribution in [0.1, 0.15) is 45.2 Å². The highest BCUT2D eigenvalue weighted by molar-refractivity contribution is 7.74. The van der Waals surface area contributed by atoms with Crippen LogP contribution in [0.3, 0.4) is 0 Å². The Kier molecular flexibility index (Phi) is 9.98. The third-order valence-corrected chi connectivity index (χ3v) is 7.91. The zero-order valence-corrected chi connectivity index (χ0v) is 22.0. The van der Waals surface area contributed by atoms with Gasteiger partial charge in [-0.2, -0.15) is 0 Å². The van der Waals surface area contributed by atoms with E-state index in [9.17, 15) is 20.0 Å². The second kappa shape index (κ2) is 12.1. The number of aliphatic hydroxyl groups is 1. The lowest BCUT2D eigenvalue weighted by atomic mass is 9.61. The second-order valence-corrected chi connectivity index (χ2v) is 10.8. The number of aliphatic hydroxyl groups excluding tert-OH is 1. The number of aryl methyl sites for hydroxylation is 1. The second-order valence-electron chi connectivity index (χ2n) is 8.82. The summed E-state index contributed by atoms with van der Waals surface area (Å²) in [7, 11) is -2.71. The number of methoxy groups -OCH3 is 1. The first-order chi connectivity index (χ1) is 16.5. The monoisotopic (exact) mass is 510 g/mol. The summed E-state index contributed by atoms with van der Waals surface area (Å²) in [6.45, 7) is 8.29. The van der Waals surface area contributed by atoms with Crippen molar-refractivity contribution in [2.75, 3.05) is 33.7 Å². The summed E-state index contributed by atoms with van der Waals surface area (Å²) in [6, 6.07) is 5.49. The molecule has 0 unspecified atom stereocenters. The van der Waals surface area contributed by atoms with Gasteiger partial charge in [0.1, 0.15) is 12.4 Å². The summed E-state index contributed by atoms with van der Waals surface area (Å²) in [4.78, 5) is 15.9. The molecule has 0 aromatic heterocycles. The molecule has 2 rings (SSSR count). The first kappa shape index (κ1) is 28.9. The molecule has 0 radical (unpaired) electrons. The van der Waals surface area contributed by atoms with Gasteiger partial charge in [0.2, 0.25) is 0 Å². The lowest BCUT2D eigenvalue weighted by Crippen LogP contribution is -2.53. The van der Waals surface area contributed by atoms with Crippen LogP contribution in [-0.4, -0.2) is 61.1 Å². The van der Waals surface area contributed by atoms with Crippen molar-refractivity contribution < 1.29 is 42.5 Å². The standard InChI is InChI=1S/C24H35N2O8P/c1-7-33-35(29,34-8-2)20(26-25)21(27)31-15-24(14-10-13-23(4,5)22(24)28)18-12-9-11-17(3)19(18)32-16-30-6/h9-13,22,28H,7-8,14-16H2,1-6H3/t22-,24-/m1/s1. The van der Waals surface area contributed by atoms with Crippen molar-refractivity contribution in [3.05, 3.63) is 47.0 Å². The van der Waals surface area contributed by atoms with Crippen LogP contribution in [0.5, 0.6) is 5.75 Å². The molecule has 2 atom stereocenters. The van der Waals surface area contributed by atoms with E-state index in [4.69, 9.17) is 23.3 Å². The van der Waals surface area contributed by atoms with Crippen molar-refractivity contribution in [2.24, 2.45) is 5.41 Å². The van der Waals surface area contributed by atoms with Gasteiger partial charge in [-0.05, 0) is 32.8 Å². The summed E-state index contributed by atoms with van der Waals surface area (Å²) >= 11 is 0. The minimum atomic E-state index is -4.21. The number of para-hydroxylation sites is 1. The Morgan fingerprint density at radius 3 is 2.49 bits per heavy atom. The number of esters is 1. The number of hydrogen-bond donors (Lipinski definition) is 1. The van der Waals surface area contributed by atoms with E-state index in [1.165, 1.54) is 7.11 Å². The first-order valence-electron chi connectivity index (χ1n) is 11.4. The van der Waals surface area contributed by atoms with E-state index in [-0.39, 0.29) is 26.6 Å². The number of rotatable bonds is 12. The lowest BCUT2D eigenvalue weighted by Gasteiger charge is -2.47. The predicted molar refractivity (Wildman–Crippen MR) is 129 cm³/mol. The molecular formula is C24H35N2O8P. The summed E-state index contributed by atoms with van der Waals surface area (Å²) in [6.07, 6.45) is 3.13. The van der Waals surface area contributed by atoms with E-state index in [2.05, 4.69) is 4.79 Å². The maximum Gasteiger partial charge on any atom is 0.484 e. The molecular weight excluding hydrogens is 475 g/mol. The molecule has 10 nitrogen and oxygen atoms in total. The zero-order chi connectivity index (χ0) is 26.3. The topological polar surface area (TPSA) is 137 Å². The fourth-order valence-corrected chi connectivity index (χ4v) is 5.68. The average Bonchev–Trinajstić information content (AvgIpc) is 2.80. The number of carbonyl (C=O) groups is 1. The van der Waals surface area contributed by atoms with E-state index in [1.54, 1.807) is 19.9 Å². The van der Waals surface area contributed by atoms with Crippen molar-refractivity contribution in [2.45, 2.75) is 52.6 Å². The van der Waals surface area contributed by atoms with E-state index < -0.39 is 36.0 Å². The summed E-state index contributed by atoms with van der Waals surface area (Å²) in [5.41, 5.74) is 8.23. The molecule has 1 aromatic rings. The Labute approximate surface area is 206 Å². The number of carbonyl (C=O) groups excluding carboxylic acids is 1. The van der Waals surface area contributed by atoms with E-state index >= 15 is 0 Å². The van der Waals surface area contributed by atoms with Crippen LogP contribution in [0.4, 0.5) is 0 Å². The van der Waals surface area contributed by atoms with Crippen molar-refractivity contribution in [3.8, 4) is 5.75 Å². The molecule has 0 amide bonds. The summed E-state index contributed by atoms with van der Waals surface area (Å²) in [5, 5.41) is 11.6. The third-order valence-electron chi connectivity index (χ3n) is 5.92. The molecule has 11 heteroatoms. The Balaban J connectivity index is 2.54. The van der Waals surface area contributed by atoms with Crippen LogP contribution in [0, 0.1) is 12.3 Å². The first-order valence-corrected chi connectivity index (χ1v) is 12.9. The normalized spacial score (nSPS) is 21.3. The van der Waals surface area contributed by atoms with Gasteiger partial charge in [0.15, 0.2) is 6.79 Å². The number of allylic oxidation sites excluding steroid dienone is 1. The van der Waals surface area contributed by atoms with E-state index in [1.807, 2.05) is 45.1 Å². The molecule has 0 heterocycles. The van der Waals surface area contributed by atoms with Crippen molar-refractivity contribution in [1.82, 2.24) is 0 Å².